The fourth-order valence-electron chi connectivity index (χ4n) is 4.25. The average molecular weight is 581 g/mol. The van der Waals surface area contributed by atoms with E-state index in [1.165, 1.54) is 11.0 Å². The van der Waals surface area contributed by atoms with Crippen LogP contribution in [0.4, 0.5) is 5.13 Å². The Bertz CT molecular complexity index is 1610. The van der Waals surface area contributed by atoms with Gasteiger partial charge in [0, 0.05) is 4.47 Å². The summed E-state index contributed by atoms with van der Waals surface area (Å²) in [6.07, 6.45) is 1.47. The highest BCUT2D eigenvalue weighted by atomic mass is 79.9. The lowest BCUT2D eigenvalue weighted by atomic mass is 9.98. The van der Waals surface area contributed by atoms with Gasteiger partial charge in [-0.05, 0) is 49.7 Å². The third-order valence-electron chi connectivity index (χ3n) is 5.85. The van der Waals surface area contributed by atoms with E-state index in [4.69, 9.17) is 13.9 Å². The van der Waals surface area contributed by atoms with Gasteiger partial charge in [-0.3, -0.25) is 14.5 Å². The van der Waals surface area contributed by atoms with E-state index in [1.54, 1.807) is 49.4 Å². The molecule has 5 rings (SSSR count). The summed E-state index contributed by atoms with van der Waals surface area (Å²) in [5, 5.41) is 0.602. The first-order chi connectivity index (χ1) is 17.8. The molecule has 2 aromatic heterocycles. The summed E-state index contributed by atoms with van der Waals surface area (Å²) in [7, 11) is 0. The number of aryl methyl sites for hydroxylation is 1. The zero-order valence-corrected chi connectivity index (χ0v) is 22.4. The minimum absolute atomic E-state index is 0.0506. The van der Waals surface area contributed by atoms with Crippen LogP contribution in [-0.2, 0) is 4.74 Å². The van der Waals surface area contributed by atoms with Gasteiger partial charge in [-0.25, -0.2) is 9.78 Å². The molecule has 1 aliphatic rings. The smallest absolute Gasteiger partial charge is 0.350 e. The van der Waals surface area contributed by atoms with E-state index in [0.717, 1.165) is 11.3 Å². The third-order valence-corrected chi connectivity index (χ3v) is 7.48. The van der Waals surface area contributed by atoms with Crippen molar-refractivity contribution >= 4 is 55.2 Å². The van der Waals surface area contributed by atoms with Crippen molar-refractivity contribution in [1.82, 2.24) is 4.98 Å². The summed E-state index contributed by atoms with van der Waals surface area (Å²) in [6, 6.07) is 11.4. The van der Waals surface area contributed by atoms with Crippen molar-refractivity contribution in [3.63, 3.8) is 0 Å². The van der Waals surface area contributed by atoms with E-state index in [9.17, 15) is 14.4 Å². The van der Waals surface area contributed by atoms with Crippen molar-refractivity contribution in [2.24, 2.45) is 0 Å². The highest BCUT2D eigenvalue weighted by molar-refractivity contribution is 9.10. The van der Waals surface area contributed by atoms with E-state index in [2.05, 4.69) is 27.5 Å². The van der Waals surface area contributed by atoms with Crippen LogP contribution in [0.1, 0.15) is 50.0 Å². The Morgan fingerprint density at radius 3 is 2.70 bits per heavy atom. The van der Waals surface area contributed by atoms with Crippen molar-refractivity contribution in [1.29, 1.82) is 0 Å². The van der Waals surface area contributed by atoms with E-state index in [1.807, 2.05) is 6.92 Å². The van der Waals surface area contributed by atoms with Gasteiger partial charge in [0.2, 0.25) is 5.76 Å². The van der Waals surface area contributed by atoms with Gasteiger partial charge in [-0.15, -0.1) is 0 Å². The van der Waals surface area contributed by atoms with Crippen LogP contribution in [0.3, 0.4) is 0 Å². The lowest BCUT2D eigenvalue weighted by Gasteiger charge is -2.22. The lowest BCUT2D eigenvalue weighted by molar-refractivity contribution is 0.0554. The minimum atomic E-state index is -0.819. The number of fused-ring (bicyclic) bond motifs is 2. The molecule has 2 aromatic carbocycles. The molecule has 0 saturated heterocycles. The molecule has 0 bridgehead atoms. The molecule has 0 spiro atoms. The first-order valence-electron chi connectivity index (χ1n) is 11.4. The van der Waals surface area contributed by atoms with E-state index >= 15 is 0 Å². The maximum Gasteiger partial charge on any atom is 0.350 e. The number of hydrogen-bond acceptors (Lipinski definition) is 8. The summed E-state index contributed by atoms with van der Waals surface area (Å²) in [6.45, 7) is 7.66. The molecule has 0 N–H and O–H groups in total. The number of thiazole rings is 1. The molecule has 0 fully saturated rings. The van der Waals surface area contributed by atoms with Gasteiger partial charge in [-0.2, -0.15) is 0 Å². The van der Waals surface area contributed by atoms with Crippen LogP contribution in [0, 0.1) is 6.92 Å². The van der Waals surface area contributed by atoms with Gasteiger partial charge in [0.05, 0.1) is 29.3 Å². The minimum Gasteiger partial charge on any atom is -0.494 e. The maximum absolute atomic E-state index is 13.8. The number of carbonyl (C=O) groups excluding carboxylic acids is 2. The van der Waals surface area contributed by atoms with Gasteiger partial charge in [0.1, 0.15) is 22.8 Å². The second-order valence-electron chi connectivity index (χ2n) is 8.19. The zero-order chi connectivity index (χ0) is 26.3. The fourth-order valence-corrected chi connectivity index (χ4v) is 5.59. The van der Waals surface area contributed by atoms with Gasteiger partial charge >= 0.3 is 5.97 Å². The normalized spacial score (nSPS) is 14.6. The number of amides is 1. The Labute approximate surface area is 224 Å². The second kappa shape index (κ2) is 9.95. The monoisotopic (exact) mass is 580 g/mol. The van der Waals surface area contributed by atoms with Crippen LogP contribution in [0.25, 0.3) is 11.0 Å². The first-order valence-corrected chi connectivity index (χ1v) is 13.0. The average Bonchev–Trinajstić information content (AvgIpc) is 3.41. The van der Waals surface area contributed by atoms with Crippen molar-refractivity contribution in [2.75, 3.05) is 18.1 Å². The van der Waals surface area contributed by atoms with E-state index < -0.39 is 17.9 Å². The van der Waals surface area contributed by atoms with Gasteiger partial charge in [0.15, 0.2) is 10.6 Å². The fraction of sp³-hybridized carbons (Fsp3) is 0.185. The summed E-state index contributed by atoms with van der Waals surface area (Å²) >= 11 is 4.42. The van der Waals surface area contributed by atoms with Crippen LogP contribution in [0.15, 0.2) is 68.8 Å². The highest BCUT2D eigenvalue weighted by Gasteiger charge is 2.45. The molecule has 1 aliphatic heterocycles. The molecular formula is C27H21BrN2O6S. The van der Waals surface area contributed by atoms with Crippen LogP contribution in [-0.4, -0.2) is 30.1 Å². The van der Waals surface area contributed by atoms with Gasteiger partial charge in [0.25, 0.3) is 5.91 Å². The molecule has 1 amide bonds. The Kier molecular flexibility index (Phi) is 6.70. The molecule has 3 heterocycles. The lowest BCUT2D eigenvalue weighted by Crippen LogP contribution is -2.29. The number of esters is 1. The summed E-state index contributed by atoms with van der Waals surface area (Å²) < 4.78 is 17.4. The first kappa shape index (κ1) is 24.9. The summed E-state index contributed by atoms with van der Waals surface area (Å²) in [5.41, 5.74) is 1.28. The number of anilines is 1. The van der Waals surface area contributed by atoms with Crippen molar-refractivity contribution in [2.45, 2.75) is 19.9 Å². The SMILES string of the molecule is C=CCOC(=O)c1sc(N2C(=O)c3oc4ccc(Br)cc4c(=O)c3C2c2ccc(OCC)cc2)nc1C. The van der Waals surface area contributed by atoms with Crippen molar-refractivity contribution < 1.29 is 23.5 Å². The number of nitrogens with zero attached hydrogens (tertiary/aromatic N) is 2. The van der Waals surface area contributed by atoms with Gasteiger partial charge < -0.3 is 13.9 Å². The van der Waals surface area contributed by atoms with E-state index in [-0.39, 0.29) is 33.4 Å². The number of halogens is 1. The largest absolute Gasteiger partial charge is 0.494 e. The molecule has 8 nitrogen and oxygen atoms in total. The molecule has 1 unspecified atom stereocenters. The Hall–Kier alpha value is -3.76. The predicted molar refractivity (Wildman–Crippen MR) is 144 cm³/mol. The molecule has 188 valence electrons. The number of hydrogen-bond donors (Lipinski definition) is 0. The van der Waals surface area contributed by atoms with Crippen LogP contribution in [0.5, 0.6) is 5.75 Å². The Balaban J connectivity index is 1.70. The van der Waals surface area contributed by atoms with Crippen LogP contribution in [0.2, 0.25) is 0 Å². The van der Waals surface area contributed by atoms with Crippen molar-refractivity contribution in [3.05, 3.63) is 97.3 Å². The van der Waals surface area contributed by atoms with Gasteiger partial charge in [-0.1, -0.05) is 52.1 Å². The maximum atomic E-state index is 13.8. The number of carbonyl (C=O) groups is 2. The Morgan fingerprint density at radius 2 is 2.00 bits per heavy atom. The second-order valence-corrected chi connectivity index (χ2v) is 10.1. The quantitative estimate of drug-likeness (QED) is 0.201. The summed E-state index contributed by atoms with van der Waals surface area (Å²) in [4.78, 5) is 46.3. The highest BCUT2D eigenvalue weighted by Crippen LogP contribution is 2.43. The molecule has 0 aliphatic carbocycles. The number of aromatic nitrogens is 1. The summed E-state index contributed by atoms with van der Waals surface area (Å²) in [5.74, 6) is -0.472. The topological polar surface area (TPSA) is 98.9 Å². The van der Waals surface area contributed by atoms with Crippen LogP contribution < -0.4 is 15.1 Å². The molecule has 0 radical (unpaired) electrons. The molecule has 4 aromatic rings. The third kappa shape index (κ3) is 4.36. The predicted octanol–water partition coefficient (Wildman–Crippen LogP) is 5.81. The van der Waals surface area contributed by atoms with Crippen molar-refractivity contribution in [3.8, 4) is 5.75 Å². The Morgan fingerprint density at radius 1 is 1.24 bits per heavy atom. The molecule has 37 heavy (non-hydrogen) atoms. The van der Waals surface area contributed by atoms with E-state index in [0.29, 0.717) is 39.1 Å². The zero-order valence-electron chi connectivity index (χ0n) is 19.9. The standard InChI is InChI=1S/C27H21BrN2O6S/c1-4-12-35-26(33)24-14(3)29-27(37-24)30-21(15-6-9-17(10-7-15)34-5-2)20-22(31)18-13-16(28)8-11-19(18)36-23(20)25(30)32/h4,6-11,13,21H,1,5,12H2,2-3H3. The molecule has 10 heteroatoms. The molecular weight excluding hydrogens is 560 g/mol. The molecule has 0 saturated carbocycles. The number of rotatable bonds is 7. The van der Waals surface area contributed by atoms with Crippen LogP contribution >= 0.6 is 27.3 Å². The molecule has 1 atom stereocenters. The number of ether oxygens (including phenoxy) is 2. The number of benzene rings is 2.